The molecule has 4 heterocycles. The van der Waals surface area contributed by atoms with Gasteiger partial charge in [0.15, 0.2) is 0 Å². The van der Waals surface area contributed by atoms with E-state index < -0.39 is 0 Å². The minimum Gasteiger partial charge on any atom is -0.481 e. The number of benzene rings is 2. The van der Waals surface area contributed by atoms with E-state index >= 15 is 0 Å². The molecular weight excluding hydrogens is 578 g/mol. The van der Waals surface area contributed by atoms with E-state index in [0.29, 0.717) is 44.0 Å². The highest BCUT2D eigenvalue weighted by Crippen LogP contribution is 2.42. The number of rotatable bonds is 10. The van der Waals surface area contributed by atoms with Crippen LogP contribution in [-0.4, -0.2) is 102 Å². The second-order valence-electron chi connectivity index (χ2n) is 13.6. The first kappa shape index (κ1) is 31.1. The summed E-state index contributed by atoms with van der Waals surface area (Å²) in [4.78, 5) is 30.7. The number of carbonyl (C=O) groups excluding carboxylic acids is 1. The Balaban J connectivity index is 1.24. The molecule has 0 spiro atoms. The van der Waals surface area contributed by atoms with Crippen LogP contribution in [0.25, 0.3) is 0 Å². The van der Waals surface area contributed by atoms with Gasteiger partial charge in [0, 0.05) is 69.8 Å². The van der Waals surface area contributed by atoms with Gasteiger partial charge in [-0.3, -0.25) is 14.6 Å². The fourth-order valence-corrected chi connectivity index (χ4v) is 7.61. The maximum Gasteiger partial charge on any atom is 0.228 e. The Morgan fingerprint density at radius 3 is 2.22 bits per heavy atom. The standard InChI is InChI=1S/C37H47N5O4/c1-25(2)46-36-31(35(44-3)38-34(39-36)28-14-15-28)22-40-20-30-21-41(37(43)29-16-19-45-24-29)17-18-42(30)32(23-40)33(26-10-6-4-7-11-26)27-12-8-5-9-13-27/h4-13,25,28-30,32-33H,14-24H2,1-3H3/t29?,30-,32?/m1/s1. The molecule has 244 valence electrons. The predicted octanol–water partition coefficient (Wildman–Crippen LogP) is 4.72. The molecule has 3 aromatic rings. The zero-order valence-corrected chi connectivity index (χ0v) is 27.4. The lowest BCUT2D eigenvalue weighted by Gasteiger charge is -2.53. The molecule has 2 aromatic carbocycles. The van der Waals surface area contributed by atoms with Gasteiger partial charge in [0.25, 0.3) is 0 Å². The Hall–Kier alpha value is -3.53. The summed E-state index contributed by atoms with van der Waals surface area (Å²) in [6, 6.07) is 22.2. The third-order valence-electron chi connectivity index (χ3n) is 9.97. The minimum absolute atomic E-state index is 0.0203. The van der Waals surface area contributed by atoms with Gasteiger partial charge in [-0.15, -0.1) is 0 Å². The fraction of sp³-hybridized carbons (Fsp3) is 0.541. The summed E-state index contributed by atoms with van der Waals surface area (Å²) < 4.78 is 17.9. The van der Waals surface area contributed by atoms with E-state index in [9.17, 15) is 4.79 Å². The lowest BCUT2D eigenvalue weighted by atomic mass is 9.81. The van der Waals surface area contributed by atoms with Crippen LogP contribution in [0.1, 0.15) is 67.5 Å². The van der Waals surface area contributed by atoms with E-state index in [4.69, 9.17) is 24.2 Å². The van der Waals surface area contributed by atoms with Gasteiger partial charge in [0.05, 0.1) is 31.3 Å². The topological polar surface area (TPSA) is 80.3 Å². The molecule has 0 N–H and O–H groups in total. The van der Waals surface area contributed by atoms with Crippen LogP contribution in [0.3, 0.4) is 0 Å². The maximum atomic E-state index is 13.6. The van der Waals surface area contributed by atoms with E-state index in [0.717, 1.165) is 56.8 Å². The largest absolute Gasteiger partial charge is 0.481 e. The summed E-state index contributed by atoms with van der Waals surface area (Å²) in [5.74, 6) is 2.84. The third-order valence-corrected chi connectivity index (χ3v) is 9.97. The molecule has 1 aromatic heterocycles. The average molecular weight is 626 g/mol. The summed E-state index contributed by atoms with van der Waals surface area (Å²) >= 11 is 0. The fourth-order valence-electron chi connectivity index (χ4n) is 7.61. The van der Waals surface area contributed by atoms with E-state index in [-0.39, 0.29) is 35.9 Å². The average Bonchev–Trinajstić information content (AvgIpc) is 3.79. The van der Waals surface area contributed by atoms with Gasteiger partial charge in [-0.05, 0) is 44.2 Å². The molecule has 7 rings (SSSR count). The second-order valence-corrected chi connectivity index (χ2v) is 13.6. The van der Waals surface area contributed by atoms with Crippen molar-refractivity contribution in [1.82, 2.24) is 24.7 Å². The van der Waals surface area contributed by atoms with E-state index in [1.165, 1.54) is 11.1 Å². The van der Waals surface area contributed by atoms with Gasteiger partial charge in [-0.1, -0.05) is 60.7 Å². The van der Waals surface area contributed by atoms with Gasteiger partial charge in [-0.25, -0.2) is 0 Å². The molecule has 2 unspecified atom stereocenters. The highest BCUT2D eigenvalue weighted by Gasteiger charge is 2.44. The van der Waals surface area contributed by atoms with Crippen LogP contribution in [0.4, 0.5) is 0 Å². The zero-order valence-electron chi connectivity index (χ0n) is 27.4. The molecular formula is C37H47N5O4. The van der Waals surface area contributed by atoms with Crippen LogP contribution in [0.5, 0.6) is 11.8 Å². The minimum atomic E-state index is -0.0226. The smallest absolute Gasteiger partial charge is 0.228 e. The number of nitrogens with zero attached hydrogens (tertiary/aromatic N) is 5. The van der Waals surface area contributed by atoms with Crippen LogP contribution >= 0.6 is 0 Å². The van der Waals surface area contributed by atoms with Crippen LogP contribution in [0.2, 0.25) is 0 Å². The Labute approximate surface area is 272 Å². The number of hydrogen-bond donors (Lipinski definition) is 0. The molecule has 46 heavy (non-hydrogen) atoms. The Bertz CT molecular complexity index is 1440. The molecule has 4 fully saturated rings. The molecule has 1 aliphatic carbocycles. The number of ether oxygens (including phenoxy) is 3. The first-order chi connectivity index (χ1) is 22.5. The number of piperazine rings is 2. The second kappa shape index (κ2) is 13.7. The Kier molecular flexibility index (Phi) is 9.24. The number of hydrogen-bond acceptors (Lipinski definition) is 8. The van der Waals surface area contributed by atoms with Gasteiger partial charge >= 0.3 is 0 Å². The van der Waals surface area contributed by atoms with E-state index in [2.05, 4.69) is 75.4 Å². The van der Waals surface area contributed by atoms with Crippen LogP contribution in [-0.2, 0) is 16.1 Å². The number of aromatic nitrogens is 2. The summed E-state index contributed by atoms with van der Waals surface area (Å²) in [7, 11) is 1.70. The first-order valence-corrected chi connectivity index (χ1v) is 17.0. The molecule has 0 bridgehead atoms. The normalized spacial score (nSPS) is 23.9. The number of methoxy groups -OCH3 is 1. The Morgan fingerprint density at radius 1 is 0.913 bits per heavy atom. The van der Waals surface area contributed by atoms with E-state index in [1.54, 1.807) is 7.11 Å². The van der Waals surface area contributed by atoms with Gasteiger partial charge < -0.3 is 19.1 Å². The van der Waals surface area contributed by atoms with Crippen LogP contribution in [0, 0.1) is 5.92 Å². The molecule has 3 aliphatic heterocycles. The highest BCUT2D eigenvalue weighted by atomic mass is 16.5. The van der Waals surface area contributed by atoms with Crippen molar-refractivity contribution in [1.29, 1.82) is 0 Å². The molecule has 3 atom stereocenters. The molecule has 1 amide bonds. The number of amides is 1. The Morgan fingerprint density at radius 2 is 1.61 bits per heavy atom. The molecule has 0 radical (unpaired) electrons. The number of carbonyl (C=O) groups is 1. The van der Waals surface area contributed by atoms with E-state index in [1.807, 2.05) is 13.8 Å². The monoisotopic (exact) mass is 625 g/mol. The summed E-state index contributed by atoms with van der Waals surface area (Å²) in [6.07, 6.45) is 3.01. The van der Waals surface area contributed by atoms with Crippen molar-refractivity contribution in [3.05, 3.63) is 83.2 Å². The van der Waals surface area contributed by atoms with Crippen molar-refractivity contribution in [2.45, 2.75) is 69.7 Å². The van der Waals surface area contributed by atoms with Gasteiger partial charge in [-0.2, -0.15) is 9.97 Å². The number of fused-ring (bicyclic) bond motifs is 1. The molecule has 3 saturated heterocycles. The summed E-state index contributed by atoms with van der Waals surface area (Å²) in [5.41, 5.74) is 3.51. The van der Waals surface area contributed by atoms with Crippen molar-refractivity contribution in [3.63, 3.8) is 0 Å². The van der Waals surface area contributed by atoms with Crippen molar-refractivity contribution < 1.29 is 19.0 Å². The summed E-state index contributed by atoms with van der Waals surface area (Å²) in [5, 5.41) is 0. The predicted molar refractivity (Wildman–Crippen MR) is 176 cm³/mol. The molecule has 1 saturated carbocycles. The molecule has 4 aliphatic rings. The van der Waals surface area contributed by atoms with Crippen molar-refractivity contribution in [3.8, 4) is 11.8 Å². The lowest BCUT2D eigenvalue weighted by molar-refractivity contribution is -0.141. The molecule has 9 nitrogen and oxygen atoms in total. The molecule has 9 heteroatoms. The van der Waals surface area contributed by atoms with Crippen molar-refractivity contribution in [2.75, 3.05) is 53.0 Å². The van der Waals surface area contributed by atoms with Crippen LogP contribution < -0.4 is 9.47 Å². The maximum absolute atomic E-state index is 13.6. The zero-order chi connectivity index (χ0) is 31.6. The third kappa shape index (κ3) is 6.64. The first-order valence-electron chi connectivity index (χ1n) is 17.0. The highest BCUT2D eigenvalue weighted by molar-refractivity contribution is 5.79. The van der Waals surface area contributed by atoms with Crippen LogP contribution in [0.15, 0.2) is 60.7 Å². The van der Waals surface area contributed by atoms with Gasteiger partial charge in [0.2, 0.25) is 17.7 Å². The summed E-state index contributed by atoms with van der Waals surface area (Å²) in [6.45, 7) is 9.89. The lowest BCUT2D eigenvalue weighted by Crippen LogP contribution is -2.67. The van der Waals surface area contributed by atoms with Crippen molar-refractivity contribution >= 4 is 5.91 Å². The SMILES string of the molecule is COc1nc(C2CC2)nc(OC(C)C)c1CN1CC(C(c2ccccc2)c2ccccc2)N2CCN(C(=O)C3CCOC3)C[C@H]2C1. The van der Waals surface area contributed by atoms with Crippen molar-refractivity contribution in [2.24, 2.45) is 5.92 Å². The van der Waals surface area contributed by atoms with Gasteiger partial charge in [0.1, 0.15) is 5.82 Å². The quantitative estimate of drug-likeness (QED) is 0.321.